The number of halogens is 2. The Hall–Kier alpha value is -1.32. The predicted molar refractivity (Wildman–Crippen MR) is 73.9 cm³/mol. The average Bonchev–Trinajstić information content (AvgIpc) is 2.87. The molecule has 9 heteroatoms. The molecule has 0 aliphatic heterocycles. The first kappa shape index (κ1) is 15.1. The Morgan fingerprint density at radius 1 is 1.40 bits per heavy atom. The monoisotopic (exact) mass is 362 g/mol. The summed E-state index contributed by atoms with van der Waals surface area (Å²) in [6.45, 7) is 0.819. The Bertz CT molecular complexity index is 676. The maximum absolute atomic E-state index is 12.9. The van der Waals surface area contributed by atoms with Gasteiger partial charge in [0.05, 0.1) is 11.1 Å². The SMILES string of the molecule is O=S(=O)(NCCCn1ccnn1)c1ccc(F)cc1Br. The number of benzene rings is 1. The molecule has 0 atom stereocenters. The van der Waals surface area contributed by atoms with Crippen molar-refractivity contribution in [2.75, 3.05) is 6.54 Å². The highest BCUT2D eigenvalue weighted by Gasteiger charge is 2.17. The highest BCUT2D eigenvalue weighted by Crippen LogP contribution is 2.22. The molecule has 0 amide bonds. The minimum Gasteiger partial charge on any atom is -0.253 e. The van der Waals surface area contributed by atoms with Crippen molar-refractivity contribution < 1.29 is 12.8 Å². The van der Waals surface area contributed by atoms with Gasteiger partial charge >= 0.3 is 0 Å². The third-order valence-electron chi connectivity index (χ3n) is 2.51. The van der Waals surface area contributed by atoms with Crippen molar-refractivity contribution in [3.63, 3.8) is 0 Å². The van der Waals surface area contributed by atoms with Gasteiger partial charge in [-0.05, 0) is 40.5 Å². The van der Waals surface area contributed by atoms with Crippen LogP contribution in [-0.4, -0.2) is 30.0 Å². The molecular weight excluding hydrogens is 351 g/mol. The van der Waals surface area contributed by atoms with E-state index < -0.39 is 15.8 Å². The number of hydrogen-bond acceptors (Lipinski definition) is 4. The molecule has 1 aromatic heterocycles. The van der Waals surface area contributed by atoms with Crippen LogP contribution in [0, 0.1) is 5.82 Å². The van der Waals surface area contributed by atoms with E-state index in [0.717, 1.165) is 12.1 Å². The third-order valence-corrected chi connectivity index (χ3v) is 4.95. The van der Waals surface area contributed by atoms with E-state index in [4.69, 9.17) is 0 Å². The van der Waals surface area contributed by atoms with E-state index in [1.54, 1.807) is 17.1 Å². The molecule has 0 bridgehead atoms. The van der Waals surface area contributed by atoms with Gasteiger partial charge in [-0.1, -0.05) is 5.21 Å². The van der Waals surface area contributed by atoms with Gasteiger partial charge in [0.1, 0.15) is 5.82 Å². The normalized spacial score (nSPS) is 11.7. The molecule has 0 spiro atoms. The van der Waals surface area contributed by atoms with Crippen LogP contribution in [0.3, 0.4) is 0 Å². The summed E-state index contributed by atoms with van der Waals surface area (Å²) in [5.41, 5.74) is 0. The third kappa shape index (κ3) is 3.84. The average molecular weight is 363 g/mol. The second-order valence-electron chi connectivity index (χ2n) is 3.99. The number of sulfonamides is 1. The fourth-order valence-corrected chi connectivity index (χ4v) is 3.69. The highest BCUT2D eigenvalue weighted by molar-refractivity contribution is 9.10. The molecule has 2 aromatic rings. The summed E-state index contributed by atoms with van der Waals surface area (Å²) in [5.74, 6) is -0.498. The molecule has 2 rings (SSSR count). The minimum atomic E-state index is -3.66. The van der Waals surface area contributed by atoms with Crippen LogP contribution in [0.2, 0.25) is 0 Å². The zero-order chi connectivity index (χ0) is 14.6. The summed E-state index contributed by atoms with van der Waals surface area (Å²) >= 11 is 3.04. The molecule has 1 N–H and O–H groups in total. The quantitative estimate of drug-likeness (QED) is 0.790. The van der Waals surface area contributed by atoms with Gasteiger partial charge in [-0.15, -0.1) is 5.10 Å². The zero-order valence-electron chi connectivity index (χ0n) is 10.3. The summed E-state index contributed by atoms with van der Waals surface area (Å²) in [6.07, 6.45) is 3.83. The van der Waals surface area contributed by atoms with Crippen LogP contribution in [0.4, 0.5) is 4.39 Å². The second-order valence-corrected chi connectivity index (χ2v) is 6.58. The molecule has 0 radical (unpaired) electrons. The molecule has 0 fully saturated rings. The van der Waals surface area contributed by atoms with Crippen LogP contribution in [-0.2, 0) is 16.6 Å². The Kier molecular flexibility index (Phi) is 4.84. The Labute approximate surface area is 124 Å². The molecule has 1 aromatic carbocycles. The number of nitrogens with one attached hydrogen (secondary N) is 1. The number of hydrogen-bond donors (Lipinski definition) is 1. The van der Waals surface area contributed by atoms with Crippen LogP contribution in [0.5, 0.6) is 0 Å². The summed E-state index contributed by atoms with van der Waals surface area (Å²) in [4.78, 5) is 0.0136. The van der Waals surface area contributed by atoms with E-state index >= 15 is 0 Å². The van der Waals surface area contributed by atoms with Crippen molar-refractivity contribution >= 4 is 26.0 Å². The minimum absolute atomic E-state index is 0.0136. The predicted octanol–water partition coefficient (Wildman–Crippen LogP) is 1.55. The lowest BCUT2D eigenvalue weighted by atomic mass is 10.3. The smallest absolute Gasteiger partial charge is 0.241 e. The van der Waals surface area contributed by atoms with Crippen molar-refractivity contribution in [2.45, 2.75) is 17.9 Å². The van der Waals surface area contributed by atoms with Crippen LogP contribution >= 0.6 is 15.9 Å². The maximum Gasteiger partial charge on any atom is 0.241 e. The number of aryl methyl sites for hydroxylation is 1. The van der Waals surface area contributed by atoms with Crippen molar-refractivity contribution in [2.24, 2.45) is 0 Å². The van der Waals surface area contributed by atoms with Gasteiger partial charge in [-0.3, -0.25) is 4.68 Å². The zero-order valence-corrected chi connectivity index (χ0v) is 12.7. The van der Waals surface area contributed by atoms with Crippen LogP contribution in [0.1, 0.15) is 6.42 Å². The van der Waals surface area contributed by atoms with Crippen LogP contribution in [0.15, 0.2) is 40.0 Å². The highest BCUT2D eigenvalue weighted by atomic mass is 79.9. The lowest BCUT2D eigenvalue weighted by Crippen LogP contribution is -2.26. The fraction of sp³-hybridized carbons (Fsp3) is 0.273. The number of nitrogens with zero attached hydrogens (tertiary/aromatic N) is 3. The molecule has 108 valence electrons. The van der Waals surface area contributed by atoms with E-state index in [1.807, 2.05) is 0 Å². The standard InChI is InChI=1S/C11H12BrFN4O2S/c12-10-8-9(13)2-3-11(10)20(18,19)15-4-1-6-17-7-5-14-16-17/h2-3,5,7-8,15H,1,4,6H2. The van der Waals surface area contributed by atoms with Crippen molar-refractivity contribution in [1.82, 2.24) is 19.7 Å². The summed E-state index contributed by atoms with van der Waals surface area (Å²) in [7, 11) is -3.66. The summed E-state index contributed by atoms with van der Waals surface area (Å²) in [6, 6.07) is 3.44. The Balaban J connectivity index is 1.93. The first-order chi connectivity index (χ1) is 9.49. The van der Waals surface area contributed by atoms with E-state index in [-0.39, 0.29) is 15.9 Å². The van der Waals surface area contributed by atoms with E-state index in [2.05, 4.69) is 31.0 Å². The first-order valence-electron chi connectivity index (χ1n) is 5.78. The lowest BCUT2D eigenvalue weighted by Gasteiger charge is -2.08. The van der Waals surface area contributed by atoms with Gasteiger partial charge in [-0.2, -0.15) is 0 Å². The van der Waals surface area contributed by atoms with Crippen molar-refractivity contribution in [1.29, 1.82) is 0 Å². The molecule has 1 heterocycles. The van der Waals surface area contributed by atoms with Gasteiger partial charge < -0.3 is 0 Å². The topological polar surface area (TPSA) is 76.9 Å². The van der Waals surface area contributed by atoms with Crippen molar-refractivity contribution in [3.8, 4) is 0 Å². The van der Waals surface area contributed by atoms with Crippen LogP contribution in [0.25, 0.3) is 0 Å². The maximum atomic E-state index is 12.9. The first-order valence-corrected chi connectivity index (χ1v) is 8.05. The lowest BCUT2D eigenvalue weighted by molar-refractivity contribution is 0.542. The van der Waals surface area contributed by atoms with Crippen molar-refractivity contribution in [3.05, 3.63) is 40.9 Å². The number of rotatable bonds is 6. The fourth-order valence-electron chi connectivity index (χ4n) is 1.57. The summed E-state index contributed by atoms with van der Waals surface area (Å²) < 4.78 is 41.3. The second kappa shape index (κ2) is 6.42. The molecular formula is C11H12BrFN4O2S. The Morgan fingerprint density at radius 3 is 2.85 bits per heavy atom. The van der Waals surface area contributed by atoms with E-state index in [1.165, 1.54) is 6.07 Å². The molecule has 0 saturated carbocycles. The molecule has 0 aliphatic rings. The van der Waals surface area contributed by atoms with Crippen LogP contribution < -0.4 is 4.72 Å². The molecule has 0 aliphatic carbocycles. The Morgan fingerprint density at radius 2 is 2.20 bits per heavy atom. The van der Waals surface area contributed by atoms with E-state index in [0.29, 0.717) is 13.0 Å². The van der Waals surface area contributed by atoms with Gasteiger partial charge in [0, 0.05) is 23.8 Å². The molecule has 0 saturated heterocycles. The van der Waals surface area contributed by atoms with Gasteiger partial charge in [-0.25, -0.2) is 17.5 Å². The van der Waals surface area contributed by atoms with Gasteiger partial charge in [0.2, 0.25) is 10.0 Å². The van der Waals surface area contributed by atoms with Gasteiger partial charge in [0.25, 0.3) is 0 Å². The molecule has 20 heavy (non-hydrogen) atoms. The number of aromatic nitrogens is 3. The summed E-state index contributed by atoms with van der Waals surface area (Å²) in [5, 5.41) is 7.42. The van der Waals surface area contributed by atoms with Gasteiger partial charge in [0.15, 0.2) is 0 Å². The molecule has 0 unspecified atom stereocenters. The largest absolute Gasteiger partial charge is 0.253 e. The van der Waals surface area contributed by atoms with E-state index in [9.17, 15) is 12.8 Å². The molecule has 6 nitrogen and oxygen atoms in total.